The van der Waals surface area contributed by atoms with Crippen molar-refractivity contribution in [3.05, 3.63) is 35.6 Å². The van der Waals surface area contributed by atoms with Crippen LogP contribution >= 0.6 is 11.8 Å². The second-order valence-electron chi connectivity index (χ2n) is 3.12. The summed E-state index contributed by atoms with van der Waals surface area (Å²) < 4.78 is 17.1. The molecule has 1 aromatic rings. The summed E-state index contributed by atoms with van der Waals surface area (Å²) in [6.07, 6.45) is 1.77. The molecule has 0 atom stereocenters. The third kappa shape index (κ3) is 4.86. The number of halogens is 1. The van der Waals surface area contributed by atoms with Gasteiger partial charge in [-0.25, -0.2) is 14.6 Å². The van der Waals surface area contributed by atoms with Gasteiger partial charge in [0, 0.05) is 6.42 Å². The summed E-state index contributed by atoms with van der Waals surface area (Å²) in [7, 11) is 1.27. The Morgan fingerprint density at radius 3 is 2.65 bits per heavy atom. The Bertz CT molecular complexity index is 406. The van der Waals surface area contributed by atoms with Gasteiger partial charge in [-0.3, -0.25) is 0 Å². The molecule has 0 spiro atoms. The Kier molecular flexibility index (Phi) is 5.48. The number of ether oxygens (including phenoxy) is 1. The number of nitrogens with one attached hydrogen (secondary N) is 1. The fourth-order valence-electron chi connectivity index (χ4n) is 1.09. The first-order valence-electron chi connectivity index (χ1n) is 4.84. The van der Waals surface area contributed by atoms with E-state index in [0.29, 0.717) is 11.5 Å². The van der Waals surface area contributed by atoms with Crippen molar-refractivity contribution in [1.82, 2.24) is 5.43 Å². The highest BCUT2D eigenvalue weighted by molar-refractivity contribution is 8.13. The van der Waals surface area contributed by atoms with E-state index in [1.165, 1.54) is 31.0 Å². The average molecular weight is 256 g/mol. The smallest absolute Gasteiger partial charge is 0.427 e. The van der Waals surface area contributed by atoms with Crippen molar-refractivity contribution >= 4 is 22.9 Å². The fraction of sp³-hybridized carbons (Fsp3) is 0.273. The lowest BCUT2D eigenvalue weighted by Gasteiger charge is -2.04. The molecular formula is C11H13FN2O2S. The molecule has 0 aliphatic heterocycles. The Balaban J connectivity index is 2.63. The van der Waals surface area contributed by atoms with Gasteiger partial charge < -0.3 is 4.74 Å². The van der Waals surface area contributed by atoms with Crippen LogP contribution in [-0.2, 0) is 11.2 Å². The highest BCUT2D eigenvalue weighted by atomic mass is 32.2. The van der Waals surface area contributed by atoms with E-state index in [4.69, 9.17) is 0 Å². The van der Waals surface area contributed by atoms with Crippen LogP contribution in [0.4, 0.5) is 9.18 Å². The summed E-state index contributed by atoms with van der Waals surface area (Å²) in [6.45, 7) is 0. The number of hydrogen-bond acceptors (Lipinski definition) is 4. The largest absolute Gasteiger partial charge is 0.452 e. The van der Waals surface area contributed by atoms with Crippen molar-refractivity contribution in [1.29, 1.82) is 0 Å². The van der Waals surface area contributed by atoms with Gasteiger partial charge in [0.25, 0.3) is 0 Å². The average Bonchev–Trinajstić information content (AvgIpc) is 2.36. The van der Waals surface area contributed by atoms with Crippen LogP contribution in [0.1, 0.15) is 5.56 Å². The summed E-state index contributed by atoms with van der Waals surface area (Å²) in [6, 6.07) is 6.14. The second-order valence-corrected chi connectivity index (χ2v) is 4.00. The molecule has 4 nitrogen and oxygen atoms in total. The highest BCUT2D eigenvalue weighted by Gasteiger charge is 2.02. The molecule has 0 aromatic heterocycles. The third-order valence-electron chi connectivity index (χ3n) is 1.96. The van der Waals surface area contributed by atoms with E-state index < -0.39 is 6.09 Å². The lowest BCUT2D eigenvalue weighted by molar-refractivity contribution is 0.171. The van der Waals surface area contributed by atoms with Gasteiger partial charge in [0.05, 0.1) is 12.2 Å². The van der Waals surface area contributed by atoms with Gasteiger partial charge in [0.1, 0.15) is 5.82 Å². The van der Waals surface area contributed by atoms with Gasteiger partial charge >= 0.3 is 6.09 Å². The number of nitrogens with zero attached hydrogens (tertiary/aromatic N) is 1. The molecule has 0 unspecified atom stereocenters. The van der Waals surface area contributed by atoms with Crippen LogP contribution < -0.4 is 5.43 Å². The van der Waals surface area contributed by atoms with Gasteiger partial charge in [-0.05, 0) is 24.0 Å². The van der Waals surface area contributed by atoms with E-state index in [1.54, 1.807) is 12.1 Å². The summed E-state index contributed by atoms with van der Waals surface area (Å²) in [5, 5.41) is 4.60. The van der Waals surface area contributed by atoms with E-state index in [0.717, 1.165) is 5.56 Å². The maximum atomic E-state index is 12.7. The normalized spacial score (nSPS) is 11.1. The Hall–Kier alpha value is -1.56. The number of methoxy groups -OCH3 is 1. The molecule has 0 radical (unpaired) electrons. The molecule has 1 N–H and O–H groups in total. The van der Waals surface area contributed by atoms with E-state index in [9.17, 15) is 9.18 Å². The molecule has 0 aliphatic carbocycles. The minimum atomic E-state index is -0.615. The molecule has 0 heterocycles. The summed E-state index contributed by atoms with van der Waals surface area (Å²) in [5.74, 6) is -0.274. The van der Waals surface area contributed by atoms with Crippen LogP contribution in [0.25, 0.3) is 0 Å². The number of carbonyl (C=O) groups is 1. The molecule has 6 heteroatoms. The third-order valence-corrected chi connectivity index (χ3v) is 2.67. The lowest BCUT2D eigenvalue weighted by atomic mass is 10.2. The number of amides is 1. The molecule has 0 fully saturated rings. The molecule has 1 aromatic carbocycles. The van der Waals surface area contributed by atoms with Gasteiger partial charge in [-0.2, -0.15) is 5.10 Å². The molecule has 1 amide bonds. The molecule has 0 aliphatic rings. The van der Waals surface area contributed by atoms with Crippen molar-refractivity contribution in [2.24, 2.45) is 5.10 Å². The molecule has 0 bridgehead atoms. The van der Waals surface area contributed by atoms with Crippen molar-refractivity contribution < 1.29 is 13.9 Å². The Labute approximate surface area is 103 Å². The first-order valence-corrected chi connectivity index (χ1v) is 6.07. The standard InChI is InChI=1S/C11H13FN2O2S/c1-16-11(15)14-13-10(17-2)7-8-3-5-9(12)6-4-8/h3-6H,7H2,1-2H3,(H,14,15)/b13-10+. The maximum absolute atomic E-state index is 12.7. The predicted octanol–water partition coefficient (Wildman–Crippen LogP) is 2.40. The van der Waals surface area contributed by atoms with E-state index in [-0.39, 0.29) is 5.82 Å². The number of benzene rings is 1. The van der Waals surface area contributed by atoms with Crippen LogP contribution in [0, 0.1) is 5.82 Å². The summed E-state index contributed by atoms with van der Waals surface area (Å²) in [4.78, 5) is 10.8. The maximum Gasteiger partial charge on any atom is 0.427 e. The molecule has 92 valence electrons. The number of rotatable bonds is 3. The van der Waals surface area contributed by atoms with Gasteiger partial charge in [0.2, 0.25) is 0 Å². The van der Waals surface area contributed by atoms with Crippen molar-refractivity contribution in [2.75, 3.05) is 13.4 Å². The topological polar surface area (TPSA) is 50.7 Å². The summed E-state index contributed by atoms with van der Waals surface area (Å²) >= 11 is 1.41. The monoisotopic (exact) mass is 256 g/mol. The highest BCUT2D eigenvalue weighted by Crippen LogP contribution is 2.09. The second kappa shape index (κ2) is 6.90. The van der Waals surface area contributed by atoms with Crippen LogP contribution in [-0.4, -0.2) is 24.5 Å². The van der Waals surface area contributed by atoms with E-state index in [1.807, 2.05) is 6.26 Å². The van der Waals surface area contributed by atoms with Gasteiger partial charge in [-0.15, -0.1) is 11.8 Å². The molecule has 1 rings (SSSR count). The quantitative estimate of drug-likeness (QED) is 0.513. The zero-order valence-corrected chi connectivity index (χ0v) is 10.4. The zero-order chi connectivity index (χ0) is 12.7. The zero-order valence-electron chi connectivity index (χ0n) is 9.57. The van der Waals surface area contributed by atoms with Crippen LogP contribution in [0.5, 0.6) is 0 Å². The molecular weight excluding hydrogens is 243 g/mol. The molecule has 0 saturated heterocycles. The Morgan fingerprint density at radius 1 is 1.47 bits per heavy atom. The molecule has 0 saturated carbocycles. The van der Waals surface area contributed by atoms with Crippen LogP contribution in [0.3, 0.4) is 0 Å². The fourth-order valence-corrected chi connectivity index (χ4v) is 1.54. The number of hydrazone groups is 1. The van der Waals surface area contributed by atoms with Crippen LogP contribution in [0.15, 0.2) is 29.4 Å². The van der Waals surface area contributed by atoms with Crippen molar-refractivity contribution in [2.45, 2.75) is 6.42 Å². The minimum Gasteiger partial charge on any atom is -0.452 e. The Morgan fingerprint density at radius 2 is 2.12 bits per heavy atom. The first kappa shape index (κ1) is 13.5. The molecule has 17 heavy (non-hydrogen) atoms. The number of hydrogen-bond donors (Lipinski definition) is 1. The lowest BCUT2D eigenvalue weighted by Crippen LogP contribution is -2.19. The van der Waals surface area contributed by atoms with Crippen LogP contribution in [0.2, 0.25) is 0 Å². The first-order chi connectivity index (χ1) is 8.15. The predicted molar refractivity (Wildman–Crippen MR) is 66.6 cm³/mol. The van der Waals surface area contributed by atoms with E-state index >= 15 is 0 Å². The van der Waals surface area contributed by atoms with Gasteiger partial charge in [-0.1, -0.05) is 12.1 Å². The van der Waals surface area contributed by atoms with Crippen molar-refractivity contribution in [3.63, 3.8) is 0 Å². The van der Waals surface area contributed by atoms with E-state index in [2.05, 4.69) is 15.3 Å². The minimum absolute atomic E-state index is 0.274. The van der Waals surface area contributed by atoms with Crippen molar-refractivity contribution in [3.8, 4) is 0 Å². The van der Waals surface area contributed by atoms with Gasteiger partial charge in [0.15, 0.2) is 0 Å². The number of thioether (sulfide) groups is 1. The summed E-state index contributed by atoms with van der Waals surface area (Å²) in [5.41, 5.74) is 3.17. The number of carbonyl (C=O) groups excluding carboxylic acids is 1. The SMILES string of the molecule is COC(=O)N/N=C(\Cc1ccc(F)cc1)SC.